The highest BCUT2D eigenvalue weighted by Crippen LogP contribution is 2.20. The van der Waals surface area contributed by atoms with Gasteiger partial charge >= 0.3 is 0 Å². The van der Waals surface area contributed by atoms with Crippen molar-refractivity contribution >= 4 is 0 Å². The van der Waals surface area contributed by atoms with Gasteiger partial charge in [-0.3, -0.25) is 0 Å². The van der Waals surface area contributed by atoms with Crippen LogP contribution in [0.1, 0.15) is 18.3 Å². The predicted octanol–water partition coefficient (Wildman–Crippen LogP) is 2.79. The topological polar surface area (TPSA) is 51.8 Å². The summed E-state index contributed by atoms with van der Waals surface area (Å²) in [6, 6.07) is 10.8. The second-order valence-electron chi connectivity index (χ2n) is 3.84. The van der Waals surface area contributed by atoms with Gasteiger partial charge in [-0.1, -0.05) is 0 Å². The number of ether oxygens (including phenoxy) is 2. The van der Waals surface area contributed by atoms with Crippen molar-refractivity contribution in [3.8, 4) is 11.5 Å². The number of methoxy groups -OCH3 is 1. The van der Waals surface area contributed by atoms with Crippen LogP contribution in [0, 0.1) is 0 Å². The number of aliphatic hydroxyl groups excluding tert-OH is 1. The molecule has 0 saturated heterocycles. The molecule has 1 heterocycles. The lowest BCUT2D eigenvalue weighted by atomic mass is 10.2. The van der Waals surface area contributed by atoms with E-state index >= 15 is 0 Å². The van der Waals surface area contributed by atoms with E-state index in [0.717, 1.165) is 11.5 Å². The average Bonchev–Trinajstić information content (AvgIpc) is 2.93. The van der Waals surface area contributed by atoms with E-state index < -0.39 is 6.10 Å². The van der Waals surface area contributed by atoms with Crippen LogP contribution in [0.5, 0.6) is 11.5 Å². The van der Waals surface area contributed by atoms with Crippen LogP contribution in [0.15, 0.2) is 47.1 Å². The fraction of sp³-hybridized carbons (Fsp3) is 0.286. The largest absolute Gasteiger partial charge is 0.497 e. The number of rotatable bonds is 6. The summed E-state index contributed by atoms with van der Waals surface area (Å²) >= 11 is 0. The van der Waals surface area contributed by atoms with Crippen LogP contribution in [0.25, 0.3) is 0 Å². The molecule has 0 radical (unpaired) electrons. The molecule has 0 bridgehead atoms. The van der Waals surface area contributed by atoms with Gasteiger partial charge in [0.2, 0.25) is 0 Å². The average molecular weight is 248 g/mol. The maximum absolute atomic E-state index is 9.78. The fourth-order valence-corrected chi connectivity index (χ4v) is 1.58. The minimum absolute atomic E-state index is 0.425. The van der Waals surface area contributed by atoms with E-state index in [9.17, 15) is 5.11 Å². The van der Waals surface area contributed by atoms with Crippen molar-refractivity contribution in [3.63, 3.8) is 0 Å². The van der Waals surface area contributed by atoms with Gasteiger partial charge in [0.1, 0.15) is 23.4 Å². The van der Waals surface area contributed by atoms with E-state index in [0.29, 0.717) is 18.8 Å². The Kier molecular flexibility index (Phi) is 4.25. The Hall–Kier alpha value is -1.94. The third kappa shape index (κ3) is 3.28. The smallest absolute Gasteiger partial charge is 0.132 e. The van der Waals surface area contributed by atoms with Gasteiger partial charge in [-0.25, -0.2) is 0 Å². The van der Waals surface area contributed by atoms with Crippen molar-refractivity contribution in [2.75, 3.05) is 13.7 Å². The normalized spacial score (nSPS) is 12.1. The van der Waals surface area contributed by atoms with Crippen molar-refractivity contribution in [2.24, 2.45) is 0 Å². The second kappa shape index (κ2) is 6.12. The van der Waals surface area contributed by atoms with Crippen molar-refractivity contribution in [3.05, 3.63) is 48.4 Å². The molecule has 0 aliphatic heterocycles. The van der Waals surface area contributed by atoms with E-state index in [1.54, 1.807) is 25.5 Å². The zero-order valence-electron chi connectivity index (χ0n) is 10.2. The van der Waals surface area contributed by atoms with Crippen LogP contribution in [0.3, 0.4) is 0 Å². The molecule has 0 spiro atoms. The van der Waals surface area contributed by atoms with Gasteiger partial charge in [0.15, 0.2) is 0 Å². The Morgan fingerprint density at radius 1 is 1.17 bits per heavy atom. The zero-order valence-corrected chi connectivity index (χ0v) is 10.2. The van der Waals surface area contributed by atoms with Gasteiger partial charge in [-0.05, 0) is 36.4 Å². The van der Waals surface area contributed by atoms with Gasteiger partial charge in [-0.2, -0.15) is 0 Å². The molecular weight excluding hydrogens is 232 g/mol. The van der Waals surface area contributed by atoms with Crippen LogP contribution in [-0.2, 0) is 0 Å². The van der Waals surface area contributed by atoms with Crippen LogP contribution in [0.4, 0.5) is 0 Å². The monoisotopic (exact) mass is 248 g/mol. The quantitative estimate of drug-likeness (QED) is 0.854. The molecule has 1 aromatic carbocycles. The predicted molar refractivity (Wildman–Crippen MR) is 66.8 cm³/mol. The summed E-state index contributed by atoms with van der Waals surface area (Å²) in [4.78, 5) is 0. The lowest BCUT2D eigenvalue weighted by Crippen LogP contribution is -2.04. The van der Waals surface area contributed by atoms with E-state index in [1.165, 1.54) is 0 Å². The van der Waals surface area contributed by atoms with Crippen molar-refractivity contribution < 1.29 is 19.0 Å². The Bertz CT molecular complexity index is 447. The molecule has 96 valence electrons. The standard InChI is InChI=1S/C14H16O4/c1-16-11-4-6-12(7-5-11)17-10-8-13(15)14-3-2-9-18-14/h2-7,9,13,15H,8,10H2,1H3. The number of hydrogen-bond acceptors (Lipinski definition) is 4. The Morgan fingerprint density at radius 3 is 2.50 bits per heavy atom. The molecule has 1 atom stereocenters. The summed E-state index contributed by atoms with van der Waals surface area (Å²) in [7, 11) is 1.62. The third-order valence-electron chi connectivity index (χ3n) is 2.59. The maximum Gasteiger partial charge on any atom is 0.132 e. The van der Waals surface area contributed by atoms with E-state index in [4.69, 9.17) is 13.9 Å². The van der Waals surface area contributed by atoms with Crippen molar-refractivity contribution in [1.29, 1.82) is 0 Å². The van der Waals surface area contributed by atoms with Crippen molar-refractivity contribution in [2.45, 2.75) is 12.5 Å². The van der Waals surface area contributed by atoms with Gasteiger partial charge < -0.3 is 19.0 Å². The van der Waals surface area contributed by atoms with Crippen molar-refractivity contribution in [1.82, 2.24) is 0 Å². The summed E-state index contributed by atoms with van der Waals surface area (Å²) in [5.41, 5.74) is 0. The van der Waals surface area contributed by atoms with Crippen LogP contribution >= 0.6 is 0 Å². The van der Waals surface area contributed by atoms with Gasteiger partial charge in [0, 0.05) is 6.42 Å². The van der Waals surface area contributed by atoms with Gasteiger partial charge in [-0.15, -0.1) is 0 Å². The van der Waals surface area contributed by atoms with Crippen LogP contribution in [-0.4, -0.2) is 18.8 Å². The molecule has 1 unspecified atom stereocenters. The molecule has 0 aliphatic rings. The lowest BCUT2D eigenvalue weighted by Gasteiger charge is -2.09. The highest BCUT2D eigenvalue weighted by Gasteiger charge is 2.10. The summed E-state index contributed by atoms with van der Waals surface area (Å²) in [6.45, 7) is 0.425. The first kappa shape index (κ1) is 12.5. The van der Waals surface area contributed by atoms with Crippen LogP contribution in [0.2, 0.25) is 0 Å². The third-order valence-corrected chi connectivity index (χ3v) is 2.59. The molecule has 1 N–H and O–H groups in total. The summed E-state index contributed by atoms with van der Waals surface area (Å²) in [5.74, 6) is 2.11. The van der Waals surface area contributed by atoms with Crippen LogP contribution < -0.4 is 9.47 Å². The second-order valence-corrected chi connectivity index (χ2v) is 3.84. The molecule has 2 rings (SSSR count). The maximum atomic E-state index is 9.78. The number of furan rings is 1. The highest BCUT2D eigenvalue weighted by molar-refractivity contribution is 5.31. The van der Waals surface area contributed by atoms with E-state index in [-0.39, 0.29) is 0 Å². The highest BCUT2D eigenvalue weighted by atomic mass is 16.5. The summed E-state index contributed by atoms with van der Waals surface area (Å²) in [5, 5.41) is 9.78. The lowest BCUT2D eigenvalue weighted by molar-refractivity contribution is 0.118. The first-order valence-corrected chi connectivity index (χ1v) is 5.78. The number of hydrogen-bond donors (Lipinski definition) is 1. The Balaban J connectivity index is 1.77. The molecular formula is C14H16O4. The molecule has 4 nitrogen and oxygen atoms in total. The molecule has 18 heavy (non-hydrogen) atoms. The van der Waals surface area contributed by atoms with Gasteiger partial charge in [0.05, 0.1) is 20.0 Å². The minimum atomic E-state index is -0.627. The molecule has 1 aromatic heterocycles. The summed E-state index contributed by atoms with van der Waals surface area (Å²) in [6.07, 6.45) is 1.40. The molecule has 0 saturated carbocycles. The first-order chi connectivity index (χ1) is 8.79. The molecule has 2 aromatic rings. The molecule has 0 amide bonds. The Morgan fingerprint density at radius 2 is 1.89 bits per heavy atom. The van der Waals surface area contributed by atoms with Gasteiger partial charge in [0.25, 0.3) is 0 Å². The summed E-state index contributed by atoms with van der Waals surface area (Å²) < 4.78 is 15.7. The number of benzene rings is 1. The molecule has 0 fully saturated rings. The zero-order chi connectivity index (χ0) is 12.8. The molecule has 0 aliphatic carbocycles. The SMILES string of the molecule is COc1ccc(OCCC(O)c2ccco2)cc1. The minimum Gasteiger partial charge on any atom is -0.497 e. The molecule has 4 heteroatoms. The first-order valence-electron chi connectivity index (χ1n) is 5.78. The number of aliphatic hydroxyl groups is 1. The Labute approximate surface area is 106 Å². The fourth-order valence-electron chi connectivity index (χ4n) is 1.58. The van der Waals surface area contributed by atoms with E-state index in [2.05, 4.69) is 0 Å². The van der Waals surface area contributed by atoms with E-state index in [1.807, 2.05) is 24.3 Å².